The molecule has 0 bridgehead atoms. The van der Waals surface area contributed by atoms with E-state index in [0.29, 0.717) is 0 Å². The van der Waals surface area contributed by atoms with Crippen LogP contribution in [0.5, 0.6) is 0 Å². The minimum absolute atomic E-state index is 0. The van der Waals surface area contributed by atoms with Crippen molar-refractivity contribution in [3.05, 3.63) is 11.6 Å². The molecule has 0 rings (SSSR count). The Hall–Kier alpha value is -0.0800. The molecule has 0 saturated carbocycles. The second kappa shape index (κ2) is 11.4. The SMILES string of the molecule is CC=C(C)C.O.O=P(O)(O)O.O=P(O)(O)O. The van der Waals surface area contributed by atoms with Gasteiger partial charge in [-0.15, -0.1) is 0 Å². The summed E-state index contributed by atoms with van der Waals surface area (Å²) in [6.45, 7) is 6.20. The monoisotopic (exact) mass is 284 g/mol. The van der Waals surface area contributed by atoms with Gasteiger partial charge >= 0.3 is 15.6 Å². The summed E-state index contributed by atoms with van der Waals surface area (Å²) in [5, 5.41) is 0. The molecule has 0 aliphatic heterocycles. The molecule has 16 heavy (non-hydrogen) atoms. The minimum Gasteiger partial charge on any atom is -0.412 e. The van der Waals surface area contributed by atoms with Crippen LogP contribution in [0, 0.1) is 0 Å². The Balaban J connectivity index is -0.0000000655. The summed E-state index contributed by atoms with van der Waals surface area (Å²) in [4.78, 5) is 43.1. The van der Waals surface area contributed by atoms with E-state index in [4.69, 9.17) is 38.5 Å². The number of phosphoric acid groups is 2. The van der Waals surface area contributed by atoms with Crippen molar-refractivity contribution in [2.75, 3.05) is 0 Å². The first-order chi connectivity index (χ1) is 6.27. The molecule has 0 amide bonds. The largest absolute Gasteiger partial charge is 0.466 e. The van der Waals surface area contributed by atoms with Gasteiger partial charge in [-0.25, -0.2) is 9.13 Å². The highest BCUT2D eigenvalue weighted by molar-refractivity contribution is 7.45. The smallest absolute Gasteiger partial charge is 0.412 e. The number of hydrogen-bond acceptors (Lipinski definition) is 2. The van der Waals surface area contributed by atoms with E-state index >= 15 is 0 Å². The lowest BCUT2D eigenvalue weighted by Gasteiger charge is -1.82. The first-order valence-corrected chi connectivity index (χ1v) is 6.56. The Kier molecular flexibility index (Phi) is 17.8. The molecular formula is C5H18O9P2. The Morgan fingerprint density at radius 1 is 0.875 bits per heavy atom. The molecule has 0 saturated heterocycles. The normalized spacial score (nSPS) is 9.56. The zero-order chi connectivity index (χ0) is 13.3. The maximum absolute atomic E-state index is 8.88. The van der Waals surface area contributed by atoms with Crippen LogP contribution in [0.3, 0.4) is 0 Å². The molecule has 0 spiro atoms. The van der Waals surface area contributed by atoms with Crippen LogP contribution in [0.1, 0.15) is 20.8 Å². The summed E-state index contributed by atoms with van der Waals surface area (Å²) < 4.78 is 17.8. The third-order valence-corrected chi connectivity index (χ3v) is 0.577. The Morgan fingerprint density at radius 2 is 0.938 bits per heavy atom. The lowest BCUT2D eigenvalue weighted by atomic mass is 10.3. The summed E-state index contributed by atoms with van der Waals surface area (Å²) in [6, 6.07) is 0. The van der Waals surface area contributed by atoms with Gasteiger partial charge in [-0.05, 0) is 20.8 Å². The molecule has 0 aromatic rings. The second-order valence-electron chi connectivity index (χ2n) is 2.39. The topological polar surface area (TPSA) is 187 Å². The standard InChI is InChI=1S/C5H10.2H3O4P.H2O/c1-4-5(2)3;2*1-5(2,3)4;/h4H,1-3H3;2*(H3,1,2,3,4);1H2. The van der Waals surface area contributed by atoms with Crippen molar-refractivity contribution in [2.24, 2.45) is 0 Å². The molecule has 0 fully saturated rings. The maximum atomic E-state index is 8.88. The second-order valence-corrected chi connectivity index (χ2v) is 4.45. The highest BCUT2D eigenvalue weighted by Crippen LogP contribution is 2.26. The highest BCUT2D eigenvalue weighted by atomic mass is 31.2. The quantitative estimate of drug-likeness (QED) is 0.248. The van der Waals surface area contributed by atoms with Crippen molar-refractivity contribution in [1.82, 2.24) is 0 Å². The van der Waals surface area contributed by atoms with Gasteiger partial charge in [0.05, 0.1) is 0 Å². The Morgan fingerprint density at radius 3 is 0.938 bits per heavy atom. The number of rotatable bonds is 0. The van der Waals surface area contributed by atoms with Gasteiger partial charge in [-0.3, -0.25) is 0 Å². The van der Waals surface area contributed by atoms with Crippen LogP contribution >= 0.6 is 15.6 Å². The molecule has 0 heterocycles. The van der Waals surface area contributed by atoms with E-state index < -0.39 is 15.6 Å². The van der Waals surface area contributed by atoms with Crippen LogP contribution in [-0.4, -0.2) is 34.8 Å². The summed E-state index contributed by atoms with van der Waals surface area (Å²) in [6.07, 6.45) is 2.08. The van der Waals surface area contributed by atoms with E-state index in [1.165, 1.54) is 5.57 Å². The van der Waals surface area contributed by atoms with E-state index in [2.05, 4.69) is 19.9 Å². The van der Waals surface area contributed by atoms with E-state index in [0.717, 1.165) is 0 Å². The van der Waals surface area contributed by atoms with E-state index in [1.807, 2.05) is 6.92 Å². The van der Waals surface area contributed by atoms with Gasteiger partial charge in [0, 0.05) is 0 Å². The zero-order valence-corrected chi connectivity index (χ0v) is 10.8. The first kappa shape index (κ1) is 24.9. The van der Waals surface area contributed by atoms with E-state index in [9.17, 15) is 0 Å². The van der Waals surface area contributed by atoms with Crippen LogP contribution in [0.25, 0.3) is 0 Å². The van der Waals surface area contributed by atoms with Crippen molar-refractivity contribution < 1.29 is 44.0 Å². The molecule has 0 unspecified atom stereocenters. The number of hydrogen-bond donors (Lipinski definition) is 6. The molecule has 0 atom stereocenters. The van der Waals surface area contributed by atoms with Gasteiger partial charge in [-0.2, -0.15) is 0 Å². The summed E-state index contributed by atoms with van der Waals surface area (Å²) in [5.74, 6) is 0. The zero-order valence-electron chi connectivity index (χ0n) is 8.97. The predicted octanol–water partition coefficient (Wildman–Crippen LogP) is -0.709. The molecule has 11 heteroatoms. The van der Waals surface area contributed by atoms with Crippen molar-refractivity contribution in [3.8, 4) is 0 Å². The fraction of sp³-hybridized carbons (Fsp3) is 0.600. The summed E-state index contributed by atoms with van der Waals surface area (Å²) in [5.41, 5.74) is 1.38. The summed E-state index contributed by atoms with van der Waals surface area (Å²) >= 11 is 0. The number of allylic oxidation sites excluding steroid dienone is 2. The predicted molar refractivity (Wildman–Crippen MR) is 57.2 cm³/mol. The lowest BCUT2D eigenvalue weighted by molar-refractivity contribution is 0.272. The molecule has 0 aromatic heterocycles. The van der Waals surface area contributed by atoms with Crippen molar-refractivity contribution in [3.63, 3.8) is 0 Å². The van der Waals surface area contributed by atoms with Crippen LogP contribution in [0.15, 0.2) is 11.6 Å². The van der Waals surface area contributed by atoms with Gasteiger partial charge < -0.3 is 34.8 Å². The fourth-order valence-corrected chi connectivity index (χ4v) is 0. The van der Waals surface area contributed by atoms with Crippen molar-refractivity contribution in [2.45, 2.75) is 20.8 Å². The van der Waals surface area contributed by atoms with E-state index in [-0.39, 0.29) is 5.48 Å². The molecule has 0 aliphatic rings. The third kappa shape index (κ3) is 630. The van der Waals surface area contributed by atoms with Crippen LogP contribution < -0.4 is 0 Å². The molecule has 102 valence electrons. The van der Waals surface area contributed by atoms with Gasteiger partial charge in [0.15, 0.2) is 0 Å². The van der Waals surface area contributed by atoms with Crippen LogP contribution in [-0.2, 0) is 9.13 Å². The minimum atomic E-state index is -4.64. The lowest BCUT2D eigenvalue weighted by Crippen LogP contribution is -1.66. The average Bonchev–Trinajstić information content (AvgIpc) is 1.79. The van der Waals surface area contributed by atoms with Gasteiger partial charge in [0.1, 0.15) is 0 Å². The first-order valence-electron chi connectivity index (χ1n) is 3.43. The van der Waals surface area contributed by atoms with Crippen LogP contribution in [0.2, 0.25) is 0 Å². The molecule has 0 aliphatic carbocycles. The fourth-order valence-electron chi connectivity index (χ4n) is 0. The molecule has 9 nitrogen and oxygen atoms in total. The third-order valence-electron chi connectivity index (χ3n) is 0.577. The van der Waals surface area contributed by atoms with Crippen molar-refractivity contribution >= 4 is 15.6 Å². The van der Waals surface area contributed by atoms with Gasteiger partial charge in [-0.1, -0.05) is 11.6 Å². The average molecular weight is 284 g/mol. The Bertz CT molecular complexity index is 221. The highest BCUT2D eigenvalue weighted by Gasteiger charge is 2.00. The van der Waals surface area contributed by atoms with Crippen molar-refractivity contribution in [1.29, 1.82) is 0 Å². The molecular weight excluding hydrogens is 266 g/mol. The maximum Gasteiger partial charge on any atom is 0.466 e. The molecule has 0 radical (unpaired) electrons. The molecule has 8 N–H and O–H groups in total. The van der Waals surface area contributed by atoms with Gasteiger partial charge in [0.25, 0.3) is 0 Å². The van der Waals surface area contributed by atoms with Gasteiger partial charge in [0.2, 0.25) is 0 Å². The van der Waals surface area contributed by atoms with E-state index in [1.54, 1.807) is 0 Å². The Labute approximate surface area is 92.9 Å². The summed E-state index contributed by atoms with van der Waals surface area (Å²) in [7, 11) is -9.28. The van der Waals surface area contributed by atoms with Crippen LogP contribution in [0.4, 0.5) is 0 Å². The molecule has 0 aromatic carbocycles.